The van der Waals surface area contributed by atoms with Crippen molar-refractivity contribution in [3.63, 3.8) is 0 Å². The summed E-state index contributed by atoms with van der Waals surface area (Å²) in [7, 11) is 0. The number of nitrogens with zero attached hydrogens (tertiary/aromatic N) is 2. The fraction of sp³-hybridized carbons (Fsp3) is 0. The molecule has 0 unspecified atom stereocenters. The number of hydrogen-bond donors (Lipinski definition) is 0. The van der Waals surface area contributed by atoms with Crippen LogP contribution in [0.5, 0.6) is 11.5 Å². The van der Waals surface area contributed by atoms with E-state index in [4.69, 9.17) is 4.74 Å². The molecule has 6 aromatic rings. The fourth-order valence-electron chi connectivity index (χ4n) is 5.12. The lowest BCUT2D eigenvalue weighted by atomic mass is 10.1. The number of ether oxygens (including phenoxy) is 1. The Labute approximate surface area is 238 Å². The first kappa shape index (κ1) is 24.1. The first-order valence-electron chi connectivity index (χ1n) is 13.3. The molecular weight excluding hydrogens is 508 g/mol. The molecule has 0 aromatic heterocycles. The Balaban J connectivity index is 0.000000132. The van der Waals surface area contributed by atoms with Crippen LogP contribution >= 0.6 is 11.8 Å². The van der Waals surface area contributed by atoms with Crippen molar-refractivity contribution in [3.8, 4) is 11.5 Å². The maximum absolute atomic E-state index is 5.99. The molecule has 192 valence electrons. The van der Waals surface area contributed by atoms with Gasteiger partial charge >= 0.3 is 0 Å². The van der Waals surface area contributed by atoms with Crippen LogP contribution in [0.1, 0.15) is 0 Å². The van der Waals surface area contributed by atoms with Gasteiger partial charge in [-0.2, -0.15) is 0 Å². The van der Waals surface area contributed by atoms with Crippen LogP contribution in [-0.4, -0.2) is 0 Å². The second-order valence-corrected chi connectivity index (χ2v) is 10.5. The third-order valence-electron chi connectivity index (χ3n) is 6.89. The summed E-state index contributed by atoms with van der Waals surface area (Å²) in [5.41, 5.74) is 6.98. The third-order valence-corrected chi connectivity index (χ3v) is 8.02. The number of anilines is 6. The van der Waals surface area contributed by atoms with E-state index in [9.17, 15) is 0 Å². The molecule has 4 heteroatoms. The Morgan fingerprint density at radius 2 is 0.700 bits per heavy atom. The van der Waals surface area contributed by atoms with Gasteiger partial charge in [0.05, 0.1) is 22.7 Å². The summed E-state index contributed by atoms with van der Waals surface area (Å²) >= 11 is 1.84. The van der Waals surface area contributed by atoms with Crippen molar-refractivity contribution in [2.75, 3.05) is 9.80 Å². The Morgan fingerprint density at radius 3 is 1.18 bits per heavy atom. The lowest BCUT2D eigenvalue weighted by Crippen LogP contribution is -2.15. The van der Waals surface area contributed by atoms with Crippen molar-refractivity contribution in [2.24, 2.45) is 0 Å². The summed E-state index contributed by atoms with van der Waals surface area (Å²) < 4.78 is 5.99. The minimum absolute atomic E-state index is 0.884. The number of fused-ring (bicyclic) bond motifs is 4. The molecule has 0 fully saturated rings. The van der Waals surface area contributed by atoms with Gasteiger partial charge in [-0.3, -0.25) is 0 Å². The summed E-state index contributed by atoms with van der Waals surface area (Å²) in [6.07, 6.45) is 0. The molecule has 0 amide bonds. The van der Waals surface area contributed by atoms with Gasteiger partial charge in [0.1, 0.15) is 0 Å². The summed E-state index contributed by atoms with van der Waals surface area (Å²) in [5, 5.41) is 0. The maximum Gasteiger partial charge on any atom is 0.151 e. The molecule has 0 radical (unpaired) electrons. The molecule has 8 rings (SSSR count). The van der Waals surface area contributed by atoms with E-state index in [0.29, 0.717) is 0 Å². The highest BCUT2D eigenvalue weighted by Crippen LogP contribution is 2.51. The zero-order valence-corrected chi connectivity index (χ0v) is 22.5. The van der Waals surface area contributed by atoms with E-state index in [1.54, 1.807) is 0 Å². The minimum atomic E-state index is 0.884. The molecule has 0 saturated heterocycles. The van der Waals surface area contributed by atoms with Crippen molar-refractivity contribution >= 4 is 45.9 Å². The van der Waals surface area contributed by atoms with Crippen LogP contribution in [0.15, 0.2) is 168 Å². The number of rotatable bonds is 2. The van der Waals surface area contributed by atoms with E-state index < -0.39 is 0 Å². The van der Waals surface area contributed by atoms with E-state index in [-0.39, 0.29) is 0 Å². The smallest absolute Gasteiger partial charge is 0.151 e. The van der Waals surface area contributed by atoms with E-state index in [1.807, 2.05) is 54.2 Å². The van der Waals surface area contributed by atoms with Crippen LogP contribution in [0.2, 0.25) is 0 Å². The highest BCUT2D eigenvalue weighted by Gasteiger charge is 2.25. The van der Waals surface area contributed by atoms with Gasteiger partial charge in [-0.1, -0.05) is 96.7 Å². The van der Waals surface area contributed by atoms with Crippen molar-refractivity contribution < 1.29 is 4.74 Å². The lowest BCUT2D eigenvalue weighted by Gasteiger charge is -2.32. The van der Waals surface area contributed by atoms with Crippen LogP contribution in [0.25, 0.3) is 0 Å². The molecular formula is C36H26N2OS. The van der Waals surface area contributed by atoms with E-state index in [1.165, 1.54) is 26.9 Å². The molecule has 2 heterocycles. The summed E-state index contributed by atoms with van der Waals surface area (Å²) in [5.74, 6) is 1.77. The quantitative estimate of drug-likeness (QED) is 0.219. The Bertz CT molecular complexity index is 1550. The van der Waals surface area contributed by atoms with Gasteiger partial charge in [0.15, 0.2) is 11.5 Å². The van der Waals surface area contributed by atoms with Gasteiger partial charge in [-0.25, -0.2) is 0 Å². The monoisotopic (exact) mass is 534 g/mol. The number of benzene rings is 6. The van der Waals surface area contributed by atoms with Gasteiger partial charge < -0.3 is 14.5 Å². The third kappa shape index (κ3) is 4.49. The average Bonchev–Trinajstić information content (AvgIpc) is 3.03. The molecule has 0 bridgehead atoms. The van der Waals surface area contributed by atoms with Crippen molar-refractivity contribution in [1.29, 1.82) is 0 Å². The average molecular weight is 535 g/mol. The molecule has 0 atom stereocenters. The maximum atomic E-state index is 5.99. The molecule has 0 aliphatic carbocycles. The first-order chi connectivity index (χ1) is 19.9. The molecule has 0 saturated carbocycles. The van der Waals surface area contributed by atoms with Gasteiger partial charge in [0.25, 0.3) is 0 Å². The Hall–Kier alpha value is -4.93. The molecule has 2 aliphatic heterocycles. The van der Waals surface area contributed by atoms with E-state index >= 15 is 0 Å². The molecule has 3 nitrogen and oxygen atoms in total. The largest absolute Gasteiger partial charge is 0.453 e. The summed E-state index contributed by atoms with van der Waals surface area (Å²) in [4.78, 5) is 7.17. The molecule has 40 heavy (non-hydrogen) atoms. The highest BCUT2D eigenvalue weighted by atomic mass is 32.2. The van der Waals surface area contributed by atoms with Gasteiger partial charge in [0, 0.05) is 21.2 Å². The van der Waals surface area contributed by atoms with Crippen molar-refractivity contribution in [1.82, 2.24) is 0 Å². The van der Waals surface area contributed by atoms with Crippen LogP contribution < -0.4 is 14.5 Å². The second kappa shape index (κ2) is 10.7. The zero-order chi connectivity index (χ0) is 26.7. The van der Waals surface area contributed by atoms with Gasteiger partial charge in [-0.15, -0.1) is 0 Å². The van der Waals surface area contributed by atoms with Gasteiger partial charge in [-0.05, 0) is 72.8 Å². The van der Waals surface area contributed by atoms with Crippen LogP contribution in [0.3, 0.4) is 0 Å². The van der Waals surface area contributed by atoms with E-state index in [2.05, 4.69) is 125 Å². The molecule has 0 N–H and O–H groups in total. The van der Waals surface area contributed by atoms with Crippen LogP contribution in [-0.2, 0) is 0 Å². The molecule has 2 aliphatic rings. The highest BCUT2D eigenvalue weighted by molar-refractivity contribution is 7.99. The topological polar surface area (TPSA) is 15.7 Å². The molecule has 6 aromatic carbocycles. The number of para-hydroxylation sites is 8. The van der Waals surface area contributed by atoms with Crippen molar-refractivity contribution in [3.05, 3.63) is 158 Å². The predicted molar refractivity (Wildman–Crippen MR) is 166 cm³/mol. The summed E-state index contributed by atoms with van der Waals surface area (Å²) in [6, 6.07) is 54.3. The van der Waals surface area contributed by atoms with Crippen LogP contribution in [0, 0.1) is 0 Å². The van der Waals surface area contributed by atoms with E-state index in [0.717, 1.165) is 28.6 Å². The summed E-state index contributed by atoms with van der Waals surface area (Å²) in [6.45, 7) is 0. The SMILES string of the molecule is c1ccc(N2c3ccccc3Oc3ccccc32)cc1.c1ccc(N2c3ccccc3Sc3ccccc32)cc1. The number of hydrogen-bond acceptors (Lipinski definition) is 4. The normalized spacial score (nSPS) is 12.5. The lowest BCUT2D eigenvalue weighted by molar-refractivity contribution is 0.477. The Kier molecular flexibility index (Phi) is 6.44. The predicted octanol–water partition coefficient (Wildman–Crippen LogP) is 10.9. The first-order valence-corrected chi connectivity index (χ1v) is 14.1. The fourth-order valence-corrected chi connectivity index (χ4v) is 6.18. The molecule has 0 spiro atoms. The minimum Gasteiger partial charge on any atom is -0.453 e. The zero-order valence-electron chi connectivity index (χ0n) is 21.7. The van der Waals surface area contributed by atoms with Crippen molar-refractivity contribution in [2.45, 2.75) is 9.79 Å². The van der Waals surface area contributed by atoms with Crippen LogP contribution in [0.4, 0.5) is 34.1 Å². The second-order valence-electron chi connectivity index (χ2n) is 9.42. The Morgan fingerprint density at radius 1 is 0.350 bits per heavy atom. The standard InChI is InChI=1S/C18H13NO.C18H13NS/c2*1-2-8-14(9-3-1)19-15-10-4-6-12-17(15)20-18-13-7-5-11-16(18)19/h2*1-13H. The van der Waals surface area contributed by atoms with Gasteiger partial charge in [0.2, 0.25) is 0 Å².